The van der Waals surface area contributed by atoms with Crippen LogP contribution in [0.5, 0.6) is 17.2 Å². The van der Waals surface area contributed by atoms with Gasteiger partial charge in [-0.3, -0.25) is 19.7 Å². The van der Waals surface area contributed by atoms with Crippen molar-refractivity contribution in [2.45, 2.75) is 6.42 Å². The van der Waals surface area contributed by atoms with Crippen LogP contribution >= 0.6 is 0 Å². The Morgan fingerprint density at radius 2 is 1.81 bits per heavy atom. The van der Waals surface area contributed by atoms with Gasteiger partial charge >= 0.3 is 5.69 Å². The second-order valence-corrected chi connectivity index (χ2v) is 6.70. The van der Waals surface area contributed by atoms with Crippen molar-refractivity contribution in [1.29, 1.82) is 0 Å². The fraction of sp³-hybridized carbons (Fsp3) is 0.300. The van der Waals surface area contributed by atoms with Gasteiger partial charge in [-0.1, -0.05) is 0 Å². The Morgan fingerprint density at radius 3 is 2.35 bits per heavy atom. The Labute approximate surface area is 176 Å². The molecule has 1 saturated heterocycles. The molecule has 1 aliphatic rings. The predicted octanol–water partition coefficient (Wildman–Crippen LogP) is 2.75. The van der Waals surface area contributed by atoms with Gasteiger partial charge in [-0.2, -0.15) is 4.39 Å². The summed E-state index contributed by atoms with van der Waals surface area (Å²) in [4.78, 5) is 36.5. The summed E-state index contributed by atoms with van der Waals surface area (Å²) in [6.07, 6.45) is -0.0958. The number of hydrogen-bond acceptors (Lipinski definition) is 7. The number of nitrogens with zero attached hydrogens (tertiary/aromatic N) is 2. The van der Waals surface area contributed by atoms with Crippen molar-refractivity contribution >= 4 is 28.9 Å². The van der Waals surface area contributed by atoms with Gasteiger partial charge in [0.2, 0.25) is 23.4 Å². The maximum absolute atomic E-state index is 13.6. The molecule has 10 nitrogen and oxygen atoms in total. The first kappa shape index (κ1) is 21.8. The van der Waals surface area contributed by atoms with Crippen LogP contribution in [0.1, 0.15) is 6.42 Å². The molecule has 1 aliphatic heterocycles. The lowest BCUT2D eigenvalue weighted by atomic mass is 10.1. The number of amides is 2. The number of carbonyl (C=O) groups excluding carboxylic acids is 2. The van der Waals surface area contributed by atoms with Crippen molar-refractivity contribution < 1.29 is 33.1 Å². The van der Waals surface area contributed by atoms with E-state index in [1.807, 2.05) is 0 Å². The highest BCUT2D eigenvalue weighted by molar-refractivity contribution is 6.03. The highest BCUT2D eigenvalue weighted by atomic mass is 19.1. The fourth-order valence-electron chi connectivity index (χ4n) is 3.34. The molecule has 0 aliphatic carbocycles. The Balaban J connectivity index is 1.78. The molecule has 0 saturated carbocycles. The summed E-state index contributed by atoms with van der Waals surface area (Å²) in [5.74, 6) is -1.48. The first-order valence-corrected chi connectivity index (χ1v) is 9.14. The van der Waals surface area contributed by atoms with E-state index in [0.29, 0.717) is 22.9 Å². The van der Waals surface area contributed by atoms with E-state index in [0.717, 1.165) is 12.1 Å². The van der Waals surface area contributed by atoms with Crippen LogP contribution in [0.15, 0.2) is 30.3 Å². The van der Waals surface area contributed by atoms with Crippen LogP contribution in [-0.2, 0) is 9.59 Å². The van der Waals surface area contributed by atoms with Crippen LogP contribution < -0.4 is 24.4 Å². The highest BCUT2D eigenvalue weighted by Gasteiger charge is 2.36. The lowest BCUT2D eigenvalue weighted by Crippen LogP contribution is -2.28. The van der Waals surface area contributed by atoms with E-state index in [1.54, 1.807) is 12.1 Å². The molecule has 1 atom stereocenters. The van der Waals surface area contributed by atoms with Gasteiger partial charge in [0.25, 0.3) is 0 Å². The summed E-state index contributed by atoms with van der Waals surface area (Å²) in [5.41, 5.74) is -0.209. The molecule has 2 aromatic rings. The molecular weight excluding hydrogens is 413 g/mol. The van der Waals surface area contributed by atoms with E-state index in [-0.39, 0.29) is 18.7 Å². The molecule has 0 aromatic heterocycles. The molecule has 31 heavy (non-hydrogen) atoms. The standard InChI is InChI=1S/C20H20FN3O7/c1-29-16-7-12(8-17(30-2)19(16)31-3)22-20(26)11-6-18(25)23(10-11)13-4-5-14(21)15(9-13)24(27)28/h4-5,7-9,11H,6,10H2,1-3H3,(H,22,26). The third kappa shape index (κ3) is 4.34. The average Bonchev–Trinajstić information content (AvgIpc) is 3.14. The first-order chi connectivity index (χ1) is 14.8. The Bertz CT molecular complexity index is 1020. The zero-order valence-electron chi connectivity index (χ0n) is 17.0. The number of nitro groups is 1. The van der Waals surface area contributed by atoms with E-state index < -0.39 is 34.2 Å². The number of ether oxygens (including phenoxy) is 3. The second-order valence-electron chi connectivity index (χ2n) is 6.70. The van der Waals surface area contributed by atoms with Crippen molar-refractivity contribution in [3.05, 3.63) is 46.3 Å². The lowest BCUT2D eigenvalue weighted by molar-refractivity contribution is -0.387. The van der Waals surface area contributed by atoms with Gasteiger partial charge in [-0.15, -0.1) is 0 Å². The smallest absolute Gasteiger partial charge is 0.306 e. The molecule has 11 heteroatoms. The lowest BCUT2D eigenvalue weighted by Gasteiger charge is -2.17. The third-order valence-corrected chi connectivity index (χ3v) is 4.87. The molecule has 2 amide bonds. The van der Waals surface area contributed by atoms with Gasteiger partial charge in [0.05, 0.1) is 37.9 Å². The zero-order valence-corrected chi connectivity index (χ0v) is 17.0. The average molecular weight is 433 g/mol. The van der Waals surface area contributed by atoms with Crippen LogP contribution in [0.3, 0.4) is 0 Å². The van der Waals surface area contributed by atoms with Crippen LogP contribution in [0.25, 0.3) is 0 Å². The minimum atomic E-state index is -1.00. The minimum absolute atomic E-state index is 0.00211. The van der Waals surface area contributed by atoms with E-state index in [9.17, 15) is 24.1 Å². The predicted molar refractivity (Wildman–Crippen MR) is 108 cm³/mol. The van der Waals surface area contributed by atoms with Crippen molar-refractivity contribution in [3.8, 4) is 17.2 Å². The molecular formula is C20H20FN3O7. The summed E-state index contributed by atoms with van der Waals surface area (Å²) in [6, 6.07) is 6.27. The largest absolute Gasteiger partial charge is 0.493 e. The Hall–Kier alpha value is -3.89. The van der Waals surface area contributed by atoms with Crippen molar-refractivity contribution in [2.24, 2.45) is 5.92 Å². The van der Waals surface area contributed by atoms with Crippen molar-refractivity contribution in [1.82, 2.24) is 0 Å². The van der Waals surface area contributed by atoms with E-state index in [2.05, 4.69) is 5.32 Å². The molecule has 0 radical (unpaired) electrons. The number of benzene rings is 2. The molecule has 0 spiro atoms. The van der Waals surface area contributed by atoms with Crippen LogP contribution in [0, 0.1) is 21.8 Å². The van der Waals surface area contributed by atoms with E-state index in [1.165, 1.54) is 32.3 Å². The SMILES string of the molecule is COc1cc(NC(=O)C2CC(=O)N(c3ccc(F)c([N+](=O)[O-])c3)C2)cc(OC)c1OC. The molecule has 0 bridgehead atoms. The summed E-state index contributed by atoms with van der Waals surface area (Å²) in [5, 5.41) is 13.7. The number of rotatable bonds is 7. The van der Waals surface area contributed by atoms with Gasteiger partial charge < -0.3 is 24.4 Å². The monoisotopic (exact) mass is 433 g/mol. The Morgan fingerprint density at radius 1 is 1.16 bits per heavy atom. The minimum Gasteiger partial charge on any atom is -0.493 e. The third-order valence-electron chi connectivity index (χ3n) is 4.87. The zero-order chi connectivity index (χ0) is 22.7. The van der Waals surface area contributed by atoms with Crippen molar-refractivity contribution in [2.75, 3.05) is 38.1 Å². The number of halogens is 1. The summed E-state index contributed by atoms with van der Waals surface area (Å²) < 4.78 is 29.3. The fourth-order valence-corrected chi connectivity index (χ4v) is 3.34. The van der Waals surface area contributed by atoms with Crippen LogP contribution in [-0.4, -0.2) is 44.6 Å². The Kier molecular flexibility index (Phi) is 6.23. The van der Waals surface area contributed by atoms with Gasteiger partial charge in [0.15, 0.2) is 11.5 Å². The topological polar surface area (TPSA) is 120 Å². The summed E-state index contributed by atoms with van der Waals surface area (Å²) >= 11 is 0. The number of anilines is 2. The van der Waals surface area contributed by atoms with Gasteiger partial charge in [0.1, 0.15) is 0 Å². The van der Waals surface area contributed by atoms with E-state index >= 15 is 0 Å². The molecule has 1 unspecified atom stereocenters. The molecule has 1 fully saturated rings. The molecule has 164 valence electrons. The number of hydrogen-bond donors (Lipinski definition) is 1. The van der Waals surface area contributed by atoms with Crippen molar-refractivity contribution in [3.63, 3.8) is 0 Å². The first-order valence-electron chi connectivity index (χ1n) is 9.14. The maximum Gasteiger partial charge on any atom is 0.306 e. The quantitative estimate of drug-likeness (QED) is 0.526. The molecule has 3 rings (SSSR count). The van der Waals surface area contributed by atoms with E-state index in [4.69, 9.17) is 14.2 Å². The van der Waals surface area contributed by atoms with Gasteiger partial charge in [-0.05, 0) is 12.1 Å². The highest BCUT2D eigenvalue weighted by Crippen LogP contribution is 2.40. The summed E-state index contributed by atoms with van der Waals surface area (Å²) in [7, 11) is 4.34. The normalized spacial score (nSPS) is 15.5. The van der Waals surface area contributed by atoms with Gasteiger partial charge in [0, 0.05) is 36.9 Å². The van der Waals surface area contributed by atoms with Crippen LogP contribution in [0.2, 0.25) is 0 Å². The van der Waals surface area contributed by atoms with Gasteiger partial charge in [-0.25, -0.2) is 0 Å². The molecule has 2 aromatic carbocycles. The summed E-state index contributed by atoms with van der Waals surface area (Å²) in [6.45, 7) is -0.00211. The second kappa shape index (κ2) is 8.86. The number of nitro benzene ring substituents is 1. The maximum atomic E-state index is 13.6. The molecule has 1 heterocycles. The number of carbonyl (C=O) groups is 2. The number of nitrogens with one attached hydrogen (secondary N) is 1. The molecule has 1 N–H and O–H groups in total. The number of methoxy groups -OCH3 is 3. The van der Waals surface area contributed by atoms with Crippen LogP contribution in [0.4, 0.5) is 21.5 Å².